The van der Waals surface area contributed by atoms with Crippen LogP contribution in [0.25, 0.3) is 11.1 Å². The van der Waals surface area contributed by atoms with E-state index in [9.17, 15) is 9.59 Å². The van der Waals surface area contributed by atoms with Crippen molar-refractivity contribution < 1.29 is 14.3 Å². The van der Waals surface area contributed by atoms with Crippen LogP contribution in [0.4, 0.5) is 0 Å². The summed E-state index contributed by atoms with van der Waals surface area (Å²) >= 11 is 0. The van der Waals surface area contributed by atoms with Crippen LogP contribution in [0.5, 0.6) is 5.75 Å². The van der Waals surface area contributed by atoms with Crippen molar-refractivity contribution in [1.82, 2.24) is 14.8 Å². The topological polar surface area (TPSA) is 62.7 Å². The summed E-state index contributed by atoms with van der Waals surface area (Å²) in [5.74, 6) is 0.357. The summed E-state index contributed by atoms with van der Waals surface area (Å²) in [5, 5.41) is 0. The van der Waals surface area contributed by atoms with Gasteiger partial charge in [-0.1, -0.05) is 48.5 Å². The average Bonchev–Trinajstić information content (AvgIpc) is 2.98. The van der Waals surface area contributed by atoms with E-state index in [0.29, 0.717) is 31.7 Å². The predicted octanol–water partition coefficient (Wildman–Crippen LogP) is 3.53. The highest BCUT2D eigenvalue weighted by atomic mass is 16.5. The Labute approximate surface area is 188 Å². The highest BCUT2D eigenvalue weighted by molar-refractivity contribution is 5.93. The maximum atomic E-state index is 13.2. The van der Waals surface area contributed by atoms with Gasteiger partial charge in [-0.3, -0.25) is 14.6 Å². The van der Waals surface area contributed by atoms with E-state index in [4.69, 9.17) is 4.74 Å². The maximum Gasteiger partial charge on any atom is 0.272 e. The number of carbonyl (C=O) groups excluding carboxylic acids is 2. The smallest absolute Gasteiger partial charge is 0.272 e. The average molecular weight is 430 g/mol. The summed E-state index contributed by atoms with van der Waals surface area (Å²) in [5.41, 5.74) is 3.47. The van der Waals surface area contributed by atoms with E-state index in [2.05, 4.69) is 11.1 Å². The molecule has 0 radical (unpaired) electrons. The molecular formula is C26H27N3O3. The molecule has 6 heteroatoms. The molecule has 0 N–H and O–H groups in total. The Kier molecular flexibility index (Phi) is 6.50. The highest BCUT2D eigenvalue weighted by Gasteiger charge is 2.32. The molecule has 1 aromatic heterocycles. The van der Waals surface area contributed by atoms with Crippen molar-refractivity contribution in [2.75, 3.05) is 33.8 Å². The highest BCUT2D eigenvalue weighted by Crippen LogP contribution is 2.33. The number of rotatable bonds is 5. The number of carbonyl (C=O) groups is 2. The second-order valence-corrected chi connectivity index (χ2v) is 7.98. The lowest BCUT2D eigenvalue weighted by molar-refractivity contribution is -0.133. The Morgan fingerprint density at radius 3 is 2.47 bits per heavy atom. The quantitative estimate of drug-likeness (QED) is 0.623. The molecule has 2 amide bonds. The van der Waals surface area contributed by atoms with Crippen molar-refractivity contribution in [3.63, 3.8) is 0 Å². The Morgan fingerprint density at radius 2 is 1.72 bits per heavy atom. The van der Waals surface area contributed by atoms with Gasteiger partial charge in [0.1, 0.15) is 11.4 Å². The first kappa shape index (κ1) is 21.6. The maximum absolute atomic E-state index is 13.2. The van der Waals surface area contributed by atoms with Gasteiger partial charge in [0.2, 0.25) is 5.91 Å². The minimum Gasteiger partial charge on any atom is -0.496 e. The summed E-state index contributed by atoms with van der Waals surface area (Å²) in [7, 11) is 3.46. The molecular weight excluding hydrogens is 402 g/mol. The fraction of sp³-hybridized carbons (Fsp3) is 0.269. The Hall–Kier alpha value is -3.67. The molecule has 1 aliphatic rings. The fourth-order valence-electron chi connectivity index (χ4n) is 4.21. The molecule has 1 saturated heterocycles. The minimum atomic E-state index is -0.342. The van der Waals surface area contributed by atoms with Crippen LogP contribution in [0.3, 0.4) is 0 Å². The van der Waals surface area contributed by atoms with Crippen LogP contribution in [0, 0.1) is 5.92 Å². The Balaban J connectivity index is 1.64. The van der Waals surface area contributed by atoms with Gasteiger partial charge in [-0.25, -0.2) is 0 Å². The molecule has 3 aromatic rings. The standard InChI is InChI=1S/C26H27N3O3/c1-28-15-16-29(26(31)23-12-7-8-14-27-23)18-20(25(28)30)17-19-9-3-4-10-21(19)22-11-5-6-13-24(22)32-2/h3-14,20H,15-18H2,1-2H3/t20-/m1/s1. The summed E-state index contributed by atoms with van der Waals surface area (Å²) in [6.45, 7) is 1.35. The number of likely N-dealkylation sites (N-methyl/N-ethyl adjacent to an activating group) is 1. The Bertz CT molecular complexity index is 1100. The number of amides is 2. The van der Waals surface area contributed by atoms with Crippen LogP contribution in [-0.2, 0) is 11.2 Å². The van der Waals surface area contributed by atoms with Gasteiger partial charge in [0, 0.05) is 38.4 Å². The molecule has 32 heavy (non-hydrogen) atoms. The van der Waals surface area contributed by atoms with Crippen LogP contribution in [0.15, 0.2) is 72.9 Å². The second kappa shape index (κ2) is 9.64. The summed E-state index contributed by atoms with van der Waals surface area (Å²) in [6, 6.07) is 21.2. The molecule has 4 rings (SSSR count). The Morgan fingerprint density at radius 1 is 1.00 bits per heavy atom. The predicted molar refractivity (Wildman–Crippen MR) is 123 cm³/mol. The van der Waals surface area contributed by atoms with Crippen molar-refractivity contribution in [2.45, 2.75) is 6.42 Å². The minimum absolute atomic E-state index is 0.0520. The van der Waals surface area contributed by atoms with Crippen LogP contribution >= 0.6 is 0 Å². The molecule has 0 bridgehead atoms. The molecule has 2 aromatic carbocycles. The van der Waals surface area contributed by atoms with Gasteiger partial charge in [-0.15, -0.1) is 0 Å². The van der Waals surface area contributed by atoms with E-state index < -0.39 is 0 Å². The number of methoxy groups -OCH3 is 1. The van der Waals surface area contributed by atoms with E-state index in [-0.39, 0.29) is 17.7 Å². The van der Waals surface area contributed by atoms with E-state index >= 15 is 0 Å². The zero-order chi connectivity index (χ0) is 22.5. The van der Waals surface area contributed by atoms with Crippen molar-refractivity contribution in [1.29, 1.82) is 0 Å². The molecule has 164 valence electrons. The van der Waals surface area contributed by atoms with Crippen molar-refractivity contribution in [2.24, 2.45) is 5.92 Å². The van der Waals surface area contributed by atoms with Gasteiger partial charge >= 0.3 is 0 Å². The molecule has 1 fully saturated rings. The number of hydrogen-bond acceptors (Lipinski definition) is 4. The first-order valence-electron chi connectivity index (χ1n) is 10.7. The number of aromatic nitrogens is 1. The molecule has 6 nitrogen and oxygen atoms in total. The molecule has 0 spiro atoms. The largest absolute Gasteiger partial charge is 0.496 e. The van der Waals surface area contributed by atoms with Gasteiger partial charge in [-0.05, 0) is 35.7 Å². The summed E-state index contributed by atoms with van der Waals surface area (Å²) < 4.78 is 5.57. The van der Waals surface area contributed by atoms with Gasteiger partial charge in [0.15, 0.2) is 0 Å². The zero-order valence-corrected chi connectivity index (χ0v) is 18.4. The van der Waals surface area contributed by atoms with Crippen LogP contribution in [0.2, 0.25) is 0 Å². The third-order valence-electron chi connectivity index (χ3n) is 5.92. The van der Waals surface area contributed by atoms with E-state index in [1.165, 1.54) is 0 Å². The van der Waals surface area contributed by atoms with Gasteiger partial charge in [0.25, 0.3) is 5.91 Å². The van der Waals surface area contributed by atoms with Crippen LogP contribution in [-0.4, -0.2) is 60.4 Å². The fourth-order valence-corrected chi connectivity index (χ4v) is 4.21. The monoisotopic (exact) mass is 429 g/mol. The summed E-state index contributed by atoms with van der Waals surface area (Å²) in [4.78, 5) is 33.9. The van der Waals surface area contributed by atoms with Crippen LogP contribution < -0.4 is 4.74 Å². The van der Waals surface area contributed by atoms with Gasteiger partial charge < -0.3 is 14.5 Å². The number of benzene rings is 2. The zero-order valence-electron chi connectivity index (χ0n) is 18.4. The number of pyridine rings is 1. The number of nitrogens with zero attached hydrogens (tertiary/aromatic N) is 3. The number of para-hydroxylation sites is 1. The summed E-state index contributed by atoms with van der Waals surface area (Å²) in [6.07, 6.45) is 2.15. The van der Waals surface area contributed by atoms with Crippen molar-refractivity contribution in [3.8, 4) is 16.9 Å². The third kappa shape index (κ3) is 4.49. The molecule has 2 heterocycles. The molecule has 0 aliphatic carbocycles. The van der Waals surface area contributed by atoms with Crippen molar-refractivity contribution in [3.05, 3.63) is 84.2 Å². The van der Waals surface area contributed by atoms with Crippen LogP contribution in [0.1, 0.15) is 16.1 Å². The normalized spacial score (nSPS) is 16.6. The first-order chi connectivity index (χ1) is 15.6. The molecule has 1 aliphatic heterocycles. The van der Waals surface area contributed by atoms with E-state index in [0.717, 1.165) is 22.4 Å². The molecule has 0 unspecified atom stereocenters. The second-order valence-electron chi connectivity index (χ2n) is 7.98. The van der Waals surface area contributed by atoms with Crippen molar-refractivity contribution >= 4 is 11.8 Å². The molecule has 1 atom stereocenters. The number of ether oxygens (including phenoxy) is 1. The lowest BCUT2D eigenvalue weighted by atomic mass is 9.91. The lowest BCUT2D eigenvalue weighted by Gasteiger charge is -2.24. The molecule has 0 saturated carbocycles. The van der Waals surface area contributed by atoms with E-state index in [1.807, 2.05) is 42.5 Å². The first-order valence-corrected chi connectivity index (χ1v) is 10.7. The van der Waals surface area contributed by atoms with Gasteiger partial charge in [-0.2, -0.15) is 0 Å². The number of hydrogen-bond donors (Lipinski definition) is 0. The van der Waals surface area contributed by atoms with Gasteiger partial charge in [0.05, 0.1) is 13.0 Å². The van der Waals surface area contributed by atoms with E-state index in [1.54, 1.807) is 48.4 Å². The SMILES string of the molecule is COc1ccccc1-c1ccccc1C[C@@H]1CN(C(=O)c2ccccn2)CCN(C)C1=O. The lowest BCUT2D eigenvalue weighted by Crippen LogP contribution is -2.37. The third-order valence-corrected chi connectivity index (χ3v) is 5.92.